The van der Waals surface area contributed by atoms with Gasteiger partial charge in [-0.3, -0.25) is 14.8 Å². The van der Waals surface area contributed by atoms with Crippen molar-refractivity contribution in [2.75, 3.05) is 22.0 Å². The van der Waals surface area contributed by atoms with Gasteiger partial charge in [-0.2, -0.15) is 0 Å². The van der Waals surface area contributed by atoms with Crippen LogP contribution in [0.5, 0.6) is 5.75 Å². The molecule has 3 N–H and O–H groups in total. The molecule has 0 radical (unpaired) electrons. The van der Waals surface area contributed by atoms with Crippen LogP contribution in [0.4, 0.5) is 31.9 Å². The van der Waals surface area contributed by atoms with E-state index in [-0.39, 0.29) is 22.7 Å². The Labute approximate surface area is 195 Å². The molecule has 0 aliphatic rings. The van der Waals surface area contributed by atoms with Gasteiger partial charge in [0.25, 0.3) is 15.7 Å². The molecular weight excluding hydrogens is 467 g/mol. The molecule has 0 aliphatic carbocycles. The highest BCUT2D eigenvalue weighted by Gasteiger charge is 2.20. The Kier molecular flexibility index (Phi) is 7.64. The summed E-state index contributed by atoms with van der Waals surface area (Å²) in [5.41, 5.74) is 0.350. The van der Waals surface area contributed by atoms with Crippen LogP contribution in [0.1, 0.15) is 13.3 Å². The van der Waals surface area contributed by atoms with E-state index in [0.717, 1.165) is 18.6 Å². The second-order valence-electron chi connectivity index (χ2n) is 7.01. The maximum atomic E-state index is 14.3. The van der Waals surface area contributed by atoms with Gasteiger partial charge in [0.15, 0.2) is 0 Å². The summed E-state index contributed by atoms with van der Waals surface area (Å²) in [6, 6.07) is 13.6. The van der Waals surface area contributed by atoms with Crippen molar-refractivity contribution >= 4 is 38.8 Å². The maximum Gasteiger partial charge on any atom is 0.323 e. The van der Waals surface area contributed by atoms with Crippen LogP contribution < -0.4 is 20.1 Å². The fraction of sp³-hybridized carbons (Fsp3) is 0.136. The Hall–Kier alpha value is -4.19. The predicted octanol–water partition coefficient (Wildman–Crippen LogP) is 4.97. The van der Waals surface area contributed by atoms with E-state index in [4.69, 9.17) is 4.74 Å². The van der Waals surface area contributed by atoms with Gasteiger partial charge in [0, 0.05) is 29.2 Å². The molecule has 0 atom stereocenters. The van der Waals surface area contributed by atoms with Gasteiger partial charge in [-0.25, -0.2) is 17.6 Å². The van der Waals surface area contributed by atoms with Crippen LogP contribution in [0.2, 0.25) is 0 Å². The zero-order chi connectivity index (χ0) is 24.7. The summed E-state index contributed by atoms with van der Waals surface area (Å²) in [7, 11) is -4.31. The number of nitrogens with one attached hydrogen (secondary N) is 3. The Morgan fingerprint density at radius 2 is 1.56 bits per heavy atom. The molecule has 0 aromatic heterocycles. The number of anilines is 3. The number of non-ortho nitro benzene ring substituents is 1. The number of carbonyl (C=O) groups is 1. The van der Waals surface area contributed by atoms with Crippen molar-refractivity contribution in [2.24, 2.45) is 0 Å². The molecular formula is C22H21FN4O6S. The van der Waals surface area contributed by atoms with Gasteiger partial charge in [-0.05, 0) is 61.0 Å². The number of hydrogen-bond acceptors (Lipinski definition) is 6. The molecule has 3 aromatic carbocycles. The first-order chi connectivity index (χ1) is 16.2. The van der Waals surface area contributed by atoms with Crippen molar-refractivity contribution in [3.05, 3.63) is 82.7 Å². The molecule has 10 nitrogen and oxygen atoms in total. The van der Waals surface area contributed by atoms with Crippen LogP contribution >= 0.6 is 0 Å². The standard InChI is InChI=1S/C22H21FN4O6S/c1-2-13-33-19-10-5-16(6-11-19)26-34(31,32)21-14-17(7-12-20(21)23)25-22(28)24-15-3-8-18(9-4-15)27(29)30/h3-12,14,26H,2,13H2,1H3,(H2,24,25,28). The molecule has 34 heavy (non-hydrogen) atoms. The van der Waals surface area contributed by atoms with Gasteiger partial charge in [-0.15, -0.1) is 0 Å². The maximum absolute atomic E-state index is 14.3. The van der Waals surface area contributed by atoms with E-state index < -0.39 is 31.7 Å². The molecule has 178 valence electrons. The Bertz CT molecular complexity index is 1280. The van der Waals surface area contributed by atoms with E-state index in [1.165, 1.54) is 42.5 Å². The first-order valence-corrected chi connectivity index (χ1v) is 11.5. The summed E-state index contributed by atoms with van der Waals surface area (Å²) in [6.45, 7) is 2.48. The largest absolute Gasteiger partial charge is 0.494 e. The minimum absolute atomic E-state index is 0.0181. The van der Waals surface area contributed by atoms with Crippen LogP contribution in [0.3, 0.4) is 0 Å². The zero-order valence-corrected chi connectivity index (χ0v) is 18.8. The average molecular weight is 488 g/mol. The number of nitro benzene ring substituents is 1. The van der Waals surface area contributed by atoms with Gasteiger partial charge >= 0.3 is 6.03 Å². The highest BCUT2D eigenvalue weighted by molar-refractivity contribution is 7.92. The summed E-state index contributed by atoms with van der Waals surface area (Å²) in [6.07, 6.45) is 0.823. The average Bonchev–Trinajstić information content (AvgIpc) is 2.80. The molecule has 0 aliphatic heterocycles. The molecule has 0 spiro atoms. The first kappa shape index (κ1) is 24.5. The third kappa shape index (κ3) is 6.42. The second kappa shape index (κ2) is 10.6. The molecule has 0 saturated carbocycles. The number of urea groups is 1. The van der Waals surface area contributed by atoms with Crippen molar-refractivity contribution in [3.8, 4) is 5.75 Å². The van der Waals surface area contributed by atoms with E-state index >= 15 is 0 Å². The monoisotopic (exact) mass is 488 g/mol. The number of amides is 2. The number of benzene rings is 3. The lowest BCUT2D eigenvalue weighted by atomic mass is 10.3. The highest BCUT2D eigenvalue weighted by atomic mass is 32.2. The van der Waals surface area contributed by atoms with E-state index in [0.29, 0.717) is 12.4 Å². The number of carbonyl (C=O) groups excluding carboxylic acids is 1. The van der Waals surface area contributed by atoms with Crippen LogP contribution in [-0.4, -0.2) is 26.0 Å². The number of ether oxygens (including phenoxy) is 1. The fourth-order valence-electron chi connectivity index (χ4n) is 2.80. The SMILES string of the molecule is CCCOc1ccc(NS(=O)(=O)c2cc(NC(=O)Nc3ccc([N+](=O)[O-])cc3)ccc2F)cc1. The van der Waals surface area contributed by atoms with Crippen LogP contribution in [-0.2, 0) is 10.0 Å². The molecule has 2 amide bonds. The third-order valence-corrected chi connectivity index (χ3v) is 5.79. The molecule has 0 saturated heterocycles. The highest BCUT2D eigenvalue weighted by Crippen LogP contribution is 2.24. The van der Waals surface area contributed by atoms with Crippen molar-refractivity contribution < 1.29 is 27.3 Å². The van der Waals surface area contributed by atoms with Gasteiger partial charge in [0.2, 0.25) is 0 Å². The first-order valence-electron chi connectivity index (χ1n) is 10.1. The number of hydrogen-bond donors (Lipinski definition) is 3. The van der Waals surface area contributed by atoms with Crippen molar-refractivity contribution in [1.29, 1.82) is 0 Å². The number of halogens is 1. The summed E-state index contributed by atoms with van der Waals surface area (Å²) in [4.78, 5) is 21.7. The fourth-order valence-corrected chi connectivity index (χ4v) is 3.96. The van der Waals surface area contributed by atoms with Gasteiger partial charge in [0.1, 0.15) is 16.5 Å². The lowest BCUT2D eigenvalue weighted by molar-refractivity contribution is -0.384. The molecule has 0 unspecified atom stereocenters. The second-order valence-corrected chi connectivity index (χ2v) is 8.66. The minimum Gasteiger partial charge on any atom is -0.494 e. The quantitative estimate of drug-likeness (QED) is 0.287. The summed E-state index contributed by atoms with van der Waals surface area (Å²) in [5.74, 6) is -0.432. The smallest absolute Gasteiger partial charge is 0.323 e. The van der Waals surface area contributed by atoms with E-state index in [9.17, 15) is 27.7 Å². The Morgan fingerprint density at radius 3 is 2.18 bits per heavy atom. The van der Waals surface area contributed by atoms with Crippen molar-refractivity contribution in [3.63, 3.8) is 0 Å². The number of sulfonamides is 1. The van der Waals surface area contributed by atoms with E-state index in [1.54, 1.807) is 12.1 Å². The zero-order valence-electron chi connectivity index (χ0n) is 17.9. The van der Waals surface area contributed by atoms with Gasteiger partial charge in [-0.1, -0.05) is 6.92 Å². The summed E-state index contributed by atoms with van der Waals surface area (Å²) in [5, 5.41) is 15.5. The molecule has 0 heterocycles. The van der Waals surface area contributed by atoms with Crippen LogP contribution in [0, 0.1) is 15.9 Å². The lowest BCUT2D eigenvalue weighted by Crippen LogP contribution is -2.20. The molecule has 0 bridgehead atoms. The van der Waals surface area contributed by atoms with Crippen molar-refractivity contribution in [2.45, 2.75) is 18.2 Å². The third-order valence-electron chi connectivity index (χ3n) is 4.39. The number of nitrogens with zero attached hydrogens (tertiary/aromatic N) is 1. The molecule has 3 aromatic rings. The Balaban J connectivity index is 1.70. The number of rotatable bonds is 9. The predicted molar refractivity (Wildman–Crippen MR) is 125 cm³/mol. The topological polar surface area (TPSA) is 140 Å². The molecule has 12 heteroatoms. The van der Waals surface area contributed by atoms with Gasteiger partial charge < -0.3 is 15.4 Å². The molecule has 3 rings (SSSR count). The summed E-state index contributed by atoms with van der Waals surface area (Å²) >= 11 is 0. The van der Waals surface area contributed by atoms with Crippen molar-refractivity contribution in [1.82, 2.24) is 0 Å². The van der Waals surface area contributed by atoms with Crippen LogP contribution in [0.25, 0.3) is 0 Å². The number of nitro groups is 1. The van der Waals surface area contributed by atoms with E-state index in [2.05, 4.69) is 15.4 Å². The van der Waals surface area contributed by atoms with Gasteiger partial charge in [0.05, 0.1) is 11.5 Å². The Morgan fingerprint density at radius 1 is 0.971 bits per heavy atom. The van der Waals surface area contributed by atoms with Crippen LogP contribution in [0.15, 0.2) is 71.6 Å². The normalized spacial score (nSPS) is 10.9. The molecule has 0 fully saturated rings. The summed E-state index contributed by atoms with van der Waals surface area (Å²) < 4.78 is 47.5. The van der Waals surface area contributed by atoms with E-state index in [1.807, 2.05) is 6.92 Å². The minimum atomic E-state index is -4.31. The lowest BCUT2D eigenvalue weighted by Gasteiger charge is -2.12.